The van der Waals surface area contributed by atoms with Gasteiger partial charge in [0.2, 0.25) is 0 Å². The van der Waals surface area contributed by atoms with Crippen LogP contribution in [0, 0.1) is 5.92 Å². The SMILES string of the molecule is COC(=O)C(c1cccc(OC2CC2)c1)C(C)C. The molecule has 1 aliphatic carbocycles. The molecule has 98 valence electrons. The topological polar surface area (TPSA) is 35.5 Å². The van der Waals surface area contributed by atoms with E-state index in [9.17, 15) is 4.79 Å². The van der Waals surface area contributed by atoms with Gasteiger partial charge in [0.1, 0.15) is 5.75 Å². The lowest BCUT2D eigenvalue weighted by Crippen LogP contribution is -2.19. The number of ether oxygens (including phenoxy) is 2. The highest BCUT2D eigenvalue weighted by Gasteiger charge is 2.27. The Morgan fingerprint density at radius 3 is 2.61 bits per heavy atom. The Hall–Kier alpha value is -1.51. The molecule has 1 aromatic carbocycles. The number of carbonyl (C=O) groups is 1. The van der Waals surface area contributed by atoms with Crippen LogP contribution in [0.15, 0.2) is 24.3 Å². The number of benzene rings is 1. The predicted octanol–water partition coefficient (Wildman–Crippen LogP) is 3.14. The Kier molecular flexibility index (Phi) is 3.90. The highest BCUT2D eigenvalue weighted by Crippen LogP contribution is 2.31. The summed E-state index contributed by atoms with van der Waals surface area (Å²) in [7, 11) is 1.43. The first-order valence-electron chi connectivity index (χ1n) is 6.46. The van der Waals surface area contributed by atoms with E-state index >= 15 is 0 Å². The Morgan fingerprint density at radius 1 is 1.33 bits per heavy atom. The molecule has 0 bridgehead atoms. The van der Waals surface area contributed by atoms with Gasteiger partial charge in [0.15, 0.2) is 0 Å². The fourth-order valence-corrected chi connectivity index (χ4v) is 2.08. The summed E-state index contributed by atoms with van der Waals surface area (Å²) in [5, 5.41) is 0. The van der Waals surface area contributed by atoms with Crippen molar-refractivity contribution in [2.24, 2.45) is 5.92 Å². The van der Waals surface area contributed by atoms with Crippen LogP contribution in [0.25, 0.3) is 0 Å². The van der Waals surface area contributed by atoms with Crippen LogP contribution >= 0.6 is 0 Å². The van der Waals surface area contributed by atoms with Crippen LogP contribution in [-0.4, -0.2) is 19.2 Å². The lowest BCUT2D eigenvalue weighted by atomic mass is 9.88. The molecule has 1 aliphatic rings. The zero-order valence-electron chi connectivity index (χ0n) is 11.2. The van der Waals surface area contributed by atoms with Gasteiger partial charge in [0.05, 0.1) is 19.1 Å². The second-order valence-corrected chi connectivity index (χ2v) is 5.13. The van der Waals surface area contributed by atoms with E-state index in [0.717, 1.165) is 24.2 Å². The molecule has 0 amide bonds. The van der Waals surface area contributed by atoms with Gasteiger partial charge >= 0.3 is 5.97 Å². The maximum absolute atomic E-state index is 11.8. The van der Waals surface area contributed by atoms with Crippen molar-refractivity contribution < 1.29 is 14.3 Å². The molecule has 0 aromatic heterocycles. The van der Waals surface area contributed by atoms with Gasteiger partial charge in [0.25, 0.3) is 0 Å². The Balaban J connectivity index is 2.20. The summed E-state index contributed by atoms with van der Waals surface area (Å²) >= 11 is 0. The molecule has 0 radical (unpaired) electrons. The molecule has 0 aliphatic heterocycles. The molecule has 1 unspecified atom stereocenters. The van der Waals surface area contributed by atoms with Crippen molar-refractivity contribution in [3.05, 3.63) is 29.8 Å². The molecule has 0 spiro atoms. The number of carbonyl (C=O) groups excluding carboxylic acids is 1. The zero-order valence-corrected chi connectivity index (χ0v) is 11.2. The summed E-state index contributed by atoms with van der Waals surface area (Å²) in [6.45, 7) is 4.05. The van der Waals surface area contributed by atoms with Crippen LogP contribution in [0.3, 0.4) is 0 Å². The molecule has 3 heteroatoms. The van der Waals surface area contributed by atoms with Gasteiger partial charge in [-0.15, -0.1) is 0 Å². The molecule has 1 aromatic rings. The number of hydrogen-bond acceptors (Lipinski definition) is 3. The van der Waals surface area contributed by atoms with E-state index in [1.807, 2.05) is 38.1 Å². The van der Waals surface area contributed by atoms with Crippen LogP contribution in [0.4, 0.5) is 0 Å². The van der Waals surface area contributed by atoms with Crippen LogP contribution in [0.1, 0.15) is 38.2 Å². The highest BCUT2D eigenvalue weighted by atomic mass is 16.5. The second kappa shape index (κ2) is 5.42. The van der Waals surface area contributed by atoms with E-state index in [0.29, 0.717) is 6.10 Å². The first kappa shape index (κ1) is 12.9. The van der Waals surface area contributed by atoms with Gasteiger partial charge in [-0.1, -0.05) is 26.0 Å². The maximum atomic E-state index is 11.8. The smallest absolute Gasteiger partial charge is 0.313 e. The van der Waals surface area contributed by atoms with E-state index < -0.39 is 0 Å². The molecule has 0 N–H and O–H groups in total. The average Bonchev–Trinajstić information content (AvgIpc) is 3.13. The minimum absolute atomic E-state index is 0.187. The summed E-state index contributed by atoms with van der Waals surface area (Å²) in [4.78, 5) is 11.8. The Morgan fingerprint density at radius 2 is 2.06 bits per heavy atom. The van der Waals surface area contributed by atoms with Crippen molar-refractivity contribution in [2.75, 3.05) is 7.11 Å². The van der Waals surface area contributed by atoms with Crippen molar-refractivity contribution in [3.63, 3.8) is 0 Å². The van der Waals surface area contributed by atoms with Gasteiger partial charge in [-0.05, 0) is 36.5 Å². The van der Waals surface area contributed by atoms with Crippen molar-refractivity contribution in [1.82, 2.24) is 0 Å². The first-order valence-corrected chi connectivity index (χ1v) is 6.46. The van der Waals surface area contributed by atoms with E-state index in [1.165, 1.54) is 7.11 Å². The fraction of sp³-hybridized carbons (Fsp3) is 0.533. The quantitative estimate of drug-likeness (QED) is 0.751. The third-order valence-electron chi connectivity index (χ3n) is 3.17. The van der Waals surface area contributed by atoms with Gasteiger partial charge < -0.3 is 9.47 Å². The molecule has 0 heterocycles. The van der Waals surface area contributed by atoms with Crippen LogP contribution in [0.2, 0.25) is 0 Å². The molecular weight excluding hydrogens is 228 g/mol. The largest absolute Gasteiger partial charge is 0.490 e. The van der Waals surface area contributed by atoms with Gasteiger partial charge in [-0.2, -0.15) is 0 Å². The third-order valence-corrected chi connectivity index (χ3v) is 3.17. The second-order valence-electron chi connectivity index (χ2n) is 5.13. The Bertz CT molecular complexity index is 422. The van der Waals surface area contributed by atoms with Gasteiger partial charge in [-0.25, -0.2) is 0 Å². The molecule has 0 saturated heterocycles. The minimum atomic E-state index is -0.224. The number of rotatable bonds is 5. The third kappa shape index (κ3) is 3.03. The highest BCUT2D eigenvalue weighted by molar-refractivity contribution is 5.78. The molecule has 1 atom stereocenters. The van der Waals surface area contributed by atoms with Crippen molar-refractivity contribution >= 4 is 5.97 Å². The van der Waals surface area contributed by atoms with Crippen molar-refractivity contribution in [1.29, 1.82) is 0 Å². The summed E-state index contributed by atoms with van der Waals surface area (Å²) in [6.07, 6.45) is 2.64. The number of hydrogen-bond donors (Lipinski definition) is 0. The van der Waals surface area contributed by atoms with Crippen LogP contribution < -0.4 is 4.74 Å². The van der Waals surface area contributed by atoms with Crippen LogP contribution in [0.5, 0.6) is 5.75 Å². The molecular formula is C15H20O3. The monoisotopic (exact) mass is 248 g/mol. The average molecular weight is 248 g/mol. The van der Waals surface area contributed by atoms with Crippen LogP contribution in [-0.2, 0) is 9.53 Å². The van der Waals surface area contributed by atoms with E-state index in [-0.39, 0.29) is 17.8 Å². The maximum Gasteiger partial charge on any atom is 0.313 e. The van der Waals surface area contributed by atoms with E-state index in [2.05, 4.69) is 0 Å². The summed E-state index contributed by atoms with van der Waals surface area (Å²) in [5.41, 5.74) is 0.968. The number of esters is 1. The van der Waals surface area contributed by atoms with Gasteiger partial charge in [0, 0.05) is 0 Å². The Labute approximate surface area is 108 Å². The van der Waals surface area contributed by atoms with Crippen molar-refractivity contribution in [2.45, 2.75) is 38.7 Å². The summed E-state index contributed by atoms with van der Waals surface area (Å²) in [5.74, 6) is 0.643. The van der Waals surface area contributed by atoms with Gasteiger partial charge in [-0.3, -0.25) is 4.79 Å². The molecule has 18 heavy (non-hydrogen) atoms. The molecule has 1 saturated carbocycles. The standard InChI is InChI=1S/C15H20O3/c1-10(2)14(15(16)17-3)11-5-4-6-13(9-11)18-12-7-8-12/h4-6,9-10,12,14H,7-8H2,1-3H3. The summed E-state index contributed by atoms with van der Waals surface area (Å²) < 4.78 is 10.6. The van der Waals surface area contributed by atoms with E-state index in [1.54, 1.807) is 0 Å². The lowest BCUT2D eigenvalue weighted by molar-refractivity contribution is -0.143. The first-order chi connectivity index (χ1) is 8.61. The number of methoxy groups -OCH3 is 1. The fourth-order valence-electron chi connectivity index (χ4n) is 2.08. The molecule has 1 fully saturated rings. The minimum Gasteiger partial charge on any atom is -0.490 e. The molecule has 2 rings (SSSR count). The predicted molar refractivity (Wildman–Crippen MR) is 69.7 cm³/mol. The zero-order chi connectivity index (χ0) is 13.1. The normalized spacial score (nSPS) is 16.4. The lowest BCUT2D eigenvalue weighted by Gasteiger charge is -2.19. The summed E-state index contributed by atoms with van der Waals surface area (Å²) in [6, 6.07) is 7.79. The van der Waals surface area contributed by atoms with E-state index in [4.69, 9.17) is 9.47 Å². The van der Waals surface area contributed by atoms with Crippen molar-refractivity contribution in [3.8, 4) is 5.75 Å². The molecule has 3 nitrogen and oxygen atoms in total.